The van der Waals surface area contributed by atoms with Crippen molar-refractivity contribution in [1.82, 2.24) is 0 Å². The maximum atomic E-state index is 13.8. The van der Waals surface area contributed by atoms with Crippen molar-refractivity contribution in [3.05, 3.63) is 65.4 Å². The highest BCUT2D eigenvalue weighted by Crippen LogP contribution is 2.21. The van der Waals surface area contributed by atoms with Gasteiger partial charge >= 0.3 is 5.97 Å². The molecule has 20 heavy (non-hydrogen) atoms. The monoisotopic (exact) mass is 292 g/mol. The van der Waals surface area contributed by atoms with Crippen LogP contribution in [-0.2, 0) is 16.3 Å². The Kier molecular flexibility index (Phi) is 5.01. The van der Waals surface area contributed by atoms with E-state index in [-0.39, 0.29) is 5.82 Å². The average molecular weight is 292 g/mol. The molecule has 5 heteroatoms. The van der Waals surface area contributed by atoms with Gasteiger partial charge < -0.3 is 9.52 Å². The van der Waals surface area contributed by atoms with Crippen molar-refractivity contribution < 1.29 is 18.7 Å². The minimum Gasteiger partial charge on any atom is -0.478 e. The van der Waals surface area contributed by atoms with Crippen LogP contribution in [-0.4, -0.2) is 11.1 Å². The molecule has 0 spiro atoms. The van der Waals surface area contributed by atoms with Crippen LogP contribution in [0.5, 0.6) is 0 Å². The summed E-state index contributed by atoms with van der Waals surface area (Å²) < 4.78 is 19.0. The summed E-state index contributed by atoms with van der Waals surface area (Å²) in [5, 5.41) is 8.51. The van der Waals surface area contributed by atoms with Crippen molar-refractivity contribution in [2.75, 3.05) is 0 Å². The number of hydrogen-bond donors (Lipinski definition) is 1. The van der Waals surface area contributed by atoms with Gasteiger partial charge in [-0.2, -0.15) is 0 Å². The Balaban J connectivity index is 1.93. The van der Waals surface area contributed by atoms with Gasteiger partial charge in [-0.3, -0.25) is 0 Å². The number of carbonyl (C=O) groups is 1. The number of thioether (sulfide) groups is 1. The lowest BCUT2D eigenvalue weighted by Gasteiger charge is -2.03. The molecule has 2 rings (SSSR count). The molecule has 0 unspecified atom stereocenters. The minimum atomic E-state index is -1.05. The van der Waals surface area contributed by atoms with Crippen LogP contribution in [0.4, 0.5) is 4.39 Å². The molecular formula is C15H13FO3S. The maximum Gasteiger partial charge on any atom is 0.328 e. The Morgan fingerprint density at radius 2 is 2.20 bits per heavy atom. The van der Waals surface area contributed by atoms with Gasteiger partial charge in [-0.1, -0.05) is 12.1 Å². The normalized spacial score (nSPS) is 11.1. The van der Waals surface area contributed by atoms with E-state index >= 15 is 0 Å². The van der Waals surface area contributed by atoms with Crippen LogP contribution in [0.1, 0.15) is 16.9 Å². The van der Waals surface area contributed by atoms with E-state index in [9.17, 15) is 9.18 Å². The first-order valence-electron chi connectivity index (χ1n) is 5.95. The lowest BCUT2D eigenvalue weighted by Crippen LogP contribution is -1.90. The van der Waals surface area contributed by atoms with E-state index in [0.717, 1.165) is 11.8 Å². The van der Waals surface area contributed by atoms with Crippen LogP contribution >= 0.6 is 11.8 Å². The molecule has 0 bridgehead atoms. The second kappa shape index (κ2) is 6.96. The van der Waals surface area contributed by atoms with Crippen molar-refractivity contribution in [3.63, 3.8) is 0 Å². The molecule has 1 aromatic carbocycles. The van der Waals surface area contributed by atoms with Gasteiger partial charge in [-0.05, 0) is 35.4 Å². The third-order valence-corrected chi connectivity index (χ3v) is 3.58. The van der Waals surface area contributed by atoms with E-state index in [2.05, 4.69) is 0 Å². The van der Waals surface area contributed by atoms with Crippen LogP contribution in [0.3, 0.4) is 0 Å². The molecule has 2 aromatic rings. The molecule has 0 amide bonds. The lowest BCUT2D eigenvalue weighted by atomic mass is 10.1. The van der Waals surface area contributed by atoms with E-state index in [1.807, 2.05) is 12.1 Å². The third-order valence-electron chi connectivity index (χ3n) is 2.58. The van der Waals surface area contributed by atoms with Crippen LogP contribution in [0.25, 0.3) is 6.08 Å². The Morgan fingerprint density at radius 1 is 1.35 bits per heavy atom. The number of aliphatic carboxylic acids is 1. The summed E-state index contributed by atoms with van der Waals surface area (Å²) >= 11 is 1.56. The maximum absolute atomic E-state index is 13.8. The molecule has 0 aliphatic rings. The molecular weight excluding hydrogens is 279 g/mol. The fourth-order valence-electron chi connectivity index (χ4n) is 1.61. The number of halogens is 1. The van der Waals surface area contributed by atoms with Crippen molar-refractivity contribution in [1.29, 1.82) is 0 Å². The topological polar surface area (TPSA) is 50.4 Å². The third kappa shape index (κ3) is 4.28. The zero-order chi connectivity index (χ0) is 14.4. The van der Waals surface area contributed by atoms with Crippen LogP contribution in [0, 0.1) is 5.82 Å². The van der Waals surface area contributed by atoms with Gasteiger partial charge in [-0.15, -0.1) is 11.8 Å². The fraction of sp³-hybridized carbons (Fsp3) is 0.133. The standard InChI is InChI=1S/C15H13FO3S/c16-14-8-11(4-6-15(17)18)3-5-12(14)9-20-10-13-2-1-7-19-13/h1-8H,9-10H2,(H,17,18). The summed E-state index contributed by atoms with van der Waals surface area (Å²) in [5.74, 6) is 0.701. The molecule has 1 aromatic heterocycles. The Hall–Kier alpha value is -2.01. The summed E-state index contributed by atoms with van der Waals surface area (Å²) in [6, 6.07) is 8.41. The van der Waals surface area contributed by atoms with Gasteiger partial charge in [0.25, 0.3) is 0 Å². The SMILES string of the molecule is O=C(O)C=Cc1ccc(CSCc2ccco2)c(F)c1. The summed E-state index contributed by atoms with van der Waals surface area (Å²) in [4.78, 5) is 10.4. The molecule has 0 fully saturated rings. The molecule has 0 aliphatic heterocycles. The van der Waals surface area contributed by atoms with Crippen LogP contribution < -0.4 is 0 Å². The van der Waals surface area contributed by atoms with Crippen molar-refractivity contribution in [3.8, 4) is 0 Å². The zero-order valence-electron chi connectivity index (χ0n) is 10.6. The predicted molar refractivity (Wildman–Crippen MR) is 76.8 cm³/mol. The molecule has 0 aliphatic carbocycles. The van der Waals surface area contributed by atoms with Crippen LogP contribution in [0.15, 0.2) is 47.1 Å². The Labute approximate surface area is 120 Å². The average Bonchev–Trinajstić information content (AvgIpc) is 2.92. The highest BCUT2D eigenvalue weighted by molar-refractivity contribution is 7.97. The van der Waals surface area contributed by atoms with E-state index in [4.69, 9.17) is 9.52 Å². The van der Waals surface area contributed by atoms with Crippen molar-refractivity contribution in [2.45, 2.75) is 11.5 Å². The number of benzene rings is 1. The molecule has 0 saturated carbocycles. The number of carboxylic acids is 1. The van der Waals surface area contributed by atoms with Gasteiger partial charge in [0.15, 0.2) is 0 Å². The smallest absolute Gasteiger partial charge is 0.328 e. The number of furan rings is 1. The van der Waals surface area contributed by atoms with Crippen molar-refractivity contribution in [2.24, 2.45) is 0 Å². The second-order valence-electron chi connectivity index (χ2n) is 4.09. The first-order chi connectivity index (χ1) is 9.65. The van der Waals surface area contributed by atoms with E-state index in [1.165, 1.54) is 12.1 Å². The van der Waals surface area contributed by atoms with E-state index in [1.54, 1.807) is 30.2 Å². The highest BCUT2D eigenvalue weighted by atomic mass is 32.2. The summed E-state index contributed by atoms with van der Waals surface area (Å²) in [6.07, 6.45) is 3.96. The molecule has 0 atom stereocenters. The first-order valence-corrected chi connectivity index (χ1v) is 7.10. The Bertz CT molecular complexity index is 606. The summed E-state index contributed by atoms with van der Waals surface area (Å²) in [6.45, 7) is 0. The summed E-state index contributed by atoms with van der Waals surface area (Å²) in [5.41, 5.74) is 1.12. The molecule has 0 saturated heterocycles. The molecule has 3 nitrogen and oxygen atoms in total. The minimum absolute atomic E-state index is 0.329. The molecule has 1 heterocycles. The van der Waals surface area contributed by atoms with Gasteiger partial charge in [0.2, 0.25) is 0 Å². The second-order valence-corrected chi connectivity index (χ2v) is 5.08. The van der Waals surface area contributed by atoms with E-state index < -0.39 is 5.97 Å². The molecule has 1 N–H and O–H groups in total. The zero-order valence-corrected chi connectivity index (χ0v) is 11.4. The van der Waals surface area contributed by atoms with Crippen LogP contribution in [0.2, 0.25) is 0 Å². The fourth-order valence-corrected chi connectivity index (χ4v) is 2.53. The van der Waals surface area contributed by atoms with Crippen molar-refractivity contribution >= 4 is 23.8 Å². The Morgan fingerprint density at radius 3 is 2.85 bits per heavy atom. The summed E-state index contributed by atoms with van der Waals surface area (Å²) in [7, 11) is 0. The number of rotatable bonds is 6. The predicted octanol–water partition coefficient (Wildman–Crippen LogP) is 3.95. The lowest BCUT2D eigenvalue weighted by molar-refractivity contribution is -0.131. The van der Waals surface area contributed by atoms with Gasteiger partial charge in [0.05, 0.1) is 12.0 Å². The van der Waals surface area contributed by atoms with Gasteiger partial charge in [-0.25, -0.2) is 9.18 Å². The number of carboxylic acid groups (broad SMARTS) is 1. The molecule has 0 radical (unpaired) electrons. The highest BCUT2D eigenvalue weighted by Gasteiger charge is 2.04. The number of hydrogen-bond acceptors (Lipinski definition) is 3. The van der Waals surface area contributed by atoms with Gasteiger partial charge in [0, 0.05) is 11.8 Å². The first kappa shape index (κ1) is 14.4. The van der Waals surface area contributed by atoms with Gasteiger partial charge in [0.1, 0.15) is 11.6 Å². The molecule has 104 valence electrons. The van der Waals surface area contributed by atoms with E-state index in [0.29, 0.717) is 22.6 Å². The quantitative estimate of drug-likeness (QED) is 0.819. The largest absolute Gasteiger partial charge is 0.478 e.